The number of aromatic nitrogens is 1. The van der Waals surface area contributed by atoms with Crippen LogP contribution in [0.2, 0.25) is 0 Å². The molecule has 0 spiro atoms. The summed E-state index contributed by atoms with van der Waals surface area (Å²) in [7, 11) is 0. The fourth-order valence-electron chi connectivity index (χ4n) is 3.05. The number of rotatable bonds is 4. The van der Waals surface area contributed by atoms with Crippen LogP contribution in [0.5, 0.6) is 0 Å². The van der Waals surface area contributed by atoms with Crippen LogP contribution in [0.3, 0.4) is 0 Å². The fraction of sp³-hybridized carbons (Fsp3) is 0.200. The third kappa shape index (κ3) is 4.03. The van der Waals surface area contributed by atoms with Gasteiger partial charge in [0.05, 0.1) is 5.69 Å². The zero-order valence-corrected chi connectivity index (χ0v) is 16.5. The van der Waals surface area contributed by atoms with Crippen LogP contribution in [0, 0.1) is 0 Å². The number of anilines is 1. The Kier molecular flexibility index (Phi) is 5.15. The van der Waals surface area contributed by atoms with E-state index in [2.05, 4.69) is 55.4 Å². The summed E-state index contributed by atoms with van der Waals surface area (Å²) < 4.78 is 0.956. The number of thiazole rings is 1. The van der Waals surface area contributed by atoms with Crippen LogP contribution in [0.15, 0.2) is 59.1 Å². The minimum Gasteiger partial charge on any atom is -0.298 e. The Morgan fingerprint density at radius 2 is 1.92 bits per heavy atom. The van der Waals surface area contributed by atoms with Crippen LogP contribution in [0.4, 0.5) is 5.13 Å². The van der Waals surface area contributed by atoms with Gasteiger partial charge in [-0.3, -0.25) is 15.0 Å². The van der Waals surface area contributed by atoms with Crippen molar-refractivity contribution in [2.75, 3.05) is 11.9 Å². The van der Waals surface area contributed by atoms with Crippen LogP contribution in [-0.4, -0.2) is 22.3 Å². The lowest BCUT2D eigenvalue weighted by molar-refractivity contribution is 0.102. The maximum absolute atomic E-state index is 12.4. The summed E-state index contributed by atoms with van der Waals surface area (Å²) in [5.74, 6) is -0.121. The van der Waals surface area contributed by atoms with Gasteiger partial charge in [0.2, 0.25) is 0 Å². The van der Waals surface area contributed by atoms with E-state index in [4.69, 9.17) is 0 Å². The SMILES string of the molecule is O=C(Nc1nc2c(s1)CN(Cc1ccccc1)CC2)c1ccc(Br)cc1. The molecule has 132 valence electrons. The fourth-order valence-corrected chi connectivity index (χ4v) is 4.36. The van der Waals surface area contributed by atoms with Gasteiger partial charge in [0.15, 0.2) is 5.13 Å². The Morgan fingerprint density at radius 1 is 1.15 bits per heavy atom. The summed E-state index contributed by atoms with van der Waals surface area (Å²) in [6, 6.07) is 17.8. The molecule has 0 radical (unpaired) electrons. The van der Waals surface area contributed by atoms with E-state index in [9.17, 15) is 4.79 Å². The molecule has 1 aliphatic rings. The quantitative estimate of drug-likeness (QED) is 0.655. The molecule has 4 nitrogen and oxygen atoms in total. The normalized spacial score (nSPS) is 14.0. The van der Waals surface area contributed by atoms with Gasteiger partial charge in [0, 0.05) is 41.0 Å². The van der Waals surface area contributed by atoms with Crippen molar-refractivity contribution in [3.05, 3.63) is 80.8 Å². The first-order valence-corrected chi connectivity index (χ1v) is 10.1. The van der Waals surface area contributed by atoms with E-state index in [-0.39, 0.29) is 5.91 Å². The number of halogens is 1. The van der Waals surface area contributed by atoms with Crippen molar-refractivity contribution in [3.8, 4) is 0 Å². The van der Waals surface area contributed by atoms with Crippen LogP contribution in [0.25, 0.3) is 0 Å². The minimum absolute atomic E-state index is 0.121. The van der Waals surface area contributed by atoms with Gasteiger partial charge in [0.25, 0.3) is 5.91 Å². The number of carbonyl (C=O) groups is 1. The number of hydrogen-bond donors (Lipinski definition) is 1. The summed E-state index contributed by atoms with van der Waals surface area (Å²) in [5, 5.41) is 3.62. The van der Waals surface area contributed by atoms with Crippen LogP contribution in [-0.2, 0) is 19.5 Å². The molecule has 1 N–H and O–H groups in total. The summed E-state index contributed by atoms with van der Waals surface area (Å²) in [5.41, 5.74) is 3.07. The molecule has 4 rings (SSSR count). The maximum Gasteiger partial charge on any atom is 0.257 e. The topological polar surface area (TPSA) is 45.2 Å². The van der Waals surface area contributed by atoms with E-state index < -0.39 is 0 Å². The molecule has 6 heteroatoms. The Hall–Kier alpha value is -2.02. The van der Waals surface area contributed by atoms with Gasteiger partial charge in [-0.25, -0.2) is 4.98 Å². The molecular weight excluding hydrogens is 410 g/mol. The van der Waals surface area contributed by atoms with E-state index in [1.54, 1.807) is 23.5 Å². The van der Waals surface area contributed by atoms with Crippen molar-refractivity contribution in [2.24, 2.45) is 0 Å². The monoisotopic (exact) mass is 427 g/mol. The molecule has 3 aromatic rings. The smallest absolute Gasteiger partial charge is 0.257 e. The largest absolute Gasteiger partial charge is 0.298 e. The zero-order valence-electron chi connectivity index (χ0n) is 14.1. The molecule has 0 unspecified atom stereocenters. The number of hydrogen-bond acceptors (Lipinski definition) is 4. The van der Waals surface area contributed by atoms with Gasteiger partial charge in [-0.2, -0.15) is 0 Å². The van der Waals surface area contributed by atoms with Crippen molar-refractivity contribution >= 4 is 38.3 Å². The molecule has 0 saturated heterocycles. The number of nitrogens with one attached hydrogen (secondary N) is 1. The van der Waals surface area contributed by atoms with Crippen molar-refractivity contribution in [1.82, 2.24) is 9.88 Å². The highest BCUT2D eigenvalue weighted by atomic mass is 79.9. The lowest BCUT2D eigenvalue weighted by Gasteiger charge is -2.25. The van der Waals surface area contributed by atoms with Crippen LogP contribution >= 0.6 is 27.3 Å². The van der Waals surface area contributed by atoms with E-state index in [1.807, 2.05) is 18.2 Å². The number of benzene rings is 2. The average Bonchev–Trinajstić information content (AvgIpc) is 3.04. The second kappa shape index (κ2) is 7.70. The van der Waals surface area contributed by atoms with Crippen molar-refractivity contribution < 1.29 is 4.79 Å². The number of carbonyl (C=O) groups excluding carboxylic acids is 1. The number of fused-ring (bicyclic) bond motifs is 1. The predicted octanol–water partition coefficient (Wildman–Crippen LogP) is 4.72. The van der Waals surface area contributed by atoms with Gasteiger partial charge in [-0.05, 0) is 29.8 Å². The van der Waals surface area contributed by atoms with Crippen LogP contribution in [0.1, 0.15) is 26.5 Å². The van der Waals surface area contributed by atoms with Gasteiger partial charge in [0.1, 0.15) is 0 Å². The summed E-state index contributed by atoms with van der Waals surface area (Å²) in [6.45, 7) is 2.82. The number of amides is 1. The molecule has 26 heavy (non-hydrogen) atoms. The Labute approximate surface area is 165 Å². The van der Waals surface area contributed by atoms with E-state index >= 15 is 0 Å². The molecule has 0 saturated carbocycles. The average molecular weight is 428 g/mol. The van der Waals surface area contributed by atoms with Crippen molar-refractivity contribution in [2.45, 2.75) is 19.5 Å². The lowest BCUT2D eigenvalue weighted by atomic mass is 10.1. The Bertz CT molecular complexity index is 909. The standard InChI is InChI=1S/C20H18BrN3OS/c21-16-8-6-15(7-9-16)19(25)23-20-22-17-10-11-24(13-18(17)26-20)12-14-4-2-1-3-5-14/h1-9H,10-13H2,(H,22,23,25). The van der Waals surface area contributed by atoms with Gasteiger partial charge < -0.3 is 0 Å². The molecule has 0 atom stereocenters. The van der Waals surface area contributed by atoms with E-state index in [1.165, 1.54) is 10.4 Å². The number of nitrogens with zero attached hydrogens (tertiary/aromatic N) is 2. The molecule has 2 aromatic carbocycles. The first-order valence-electron chi connectivity index (χ1n) is 8.49. The second-order valence-electron chi connectivity index (χ2n) is 6.30. The molecule has 1 aromatic heterocycles. The first kappa shape index (κ1) is 17.4. The molecule has 0 aliphatic carbocycles. The highest BCUT2D eigenvalue weighted by Gasteiger charge is 2.21. The second-order valence-corrected chi connectivity index (χ2v) is 8.30. The van der Waals surface area contributed by atoms with E-state index in [0.29, 0.717) is 10.7 Å². The molecule has 0 fully saturated rings. The van der Waals surface area contributed by atoms with Gasteiger partial charge in [-0.15, -0.1) is 11.3 Å². The molecule has 0 bridgehead atoms. The Balaban J connectivity index is 1.42. The lowest BCUT2D eigenvalue weighted by Crippen LogP contribution is -2.29. The predicted molar refractivity (Wildman–Crippen MR) is 108 cm³/mol. The highest BCUT2D eigenvalue weighted by molar-refractivity contribution is 9.10. The van der Waals surface area contributed by atoms with Crippen molar-refractivity contribution in [3.63, 3.8) is 0 Å². The summed E-state index contributed by atoms with van der Waals surface area (Å²) in [6.07, 6.45) is 0.923. The molecule has 2 heterocycles. The highest BCUT2D eigenvalue weighted by Crippen LogP contribution is 2.29. The molecule has 1 aliphatic heterocycles. The zero-order chi connectivity index (χ0) is 17.9. The summed E-state index contributed by atoms with van der Waals surface area (Å²) >= 11 is 4.96. The van der Waals surface area contributed by atoms with Crippen molar-refractivity contribution in [1.29, 1.82) is 0 Å². The Morgan fingerprint density at radius 3 is 2.69 bits per heavy atom. The van der Waals surface area contributed by atoms with Gasteiger partial charge in [-0.1, -0.05) is 46.3 Å². The first-order chi connectivity index (χ1) is 12.7. The molecular formula is C20H18BrN3OS. The molecule has 1 amide bonds. The minimum atomic E-state index is -0.121. The summed E-state index contributed by atoms with van der Waals surface area (Å²) in [4.78, 5) is 20.7. The van der Waals surface area contributed by atoms with Crippen LogP contribution < -0.4 is 5.32 Å². The maximum atomic E-state index is 12.4. The third-order valence-corrected chi connectivity index (χ3v) is 5.91. The van der Waals surface area contributed by atoms with Gasteiger partial charge >= 0.3 is 0 Å². The van der Waals surface area contributed by atoms with E-state index in [0.717, 1.165) is 36.2 Å². The third-order valence-electron chi connectivity index (χ3n) is 4.39.